The van der Waals surface area contributed by atoms with Crippen molar-refractivity contribution in [3.05, 3.63) is 73.4 Å². The molecule has 0 aliphatic carbocycles. The predicted octanol–water partition coefficient (Wildman–Crippen LogP) is 0.418. The summed E-state index contributed by atoms with van der Waals surface area (Å²) < 4.78 is 28.4. The number of hydrogen-bond donors (Lipinski definition) is 3. The zero-order chi connectivity index (χ0) is 22.6. The van der Waals surface area contributed by atoms with E-state index in [1.165, 1.54) is 24.3 Å². The van der Waals surface area contributed by atoms with Crippen LogP contribution in [0, 0.1) is 11.3 Å². The maximum absolute atomic E-state index is 12.1. The first-order valence-corrected chi connectivity index (χ1v) is 9.59. The van der Waals surface area contributed by atoms with Crippen molar-refractivity contribution in [2.75, 3.05) is 6.61 Å². The first kappa shape index (κ1) is 22.1. The van der Waals surface area contributed by atoms with E-state index in [1.54, 1.807) is 0 Å². The first-order chi connectivity index (χ1) is 14.8. The van der Waals surface area contributed by atoms with Gasteiger partial charge in [0.05, 0.1) is 11.6 Å². The van der Waals surface area contributed by atoms with Crippen LogP contribution in [0.15, 0.2) is 51.2 Å². The number of hydrogen-bond acceptors (Lipinski definition) is 10. The molecule has 2 aromatic rings. The quantitative estimate of drug-likeness (QED) is 0.231. The van der Waals surface area contributed by atoms with E-state index in [0.717, 1.165) is 16.8 Å². The van der Waals surface area contributed by atoms with Crippen molar-refractivity contribution >= 4 is 8.25 Å². The van der Waals surface area contributed by atoms with Gasteiger partial charge in [0.1, 0.15) is 18.8 Å². The molecule has 3 rings (SSSR count). The van der Waals surface area contributed by atoms with E-state index in [1.807, 2.05) is 11.1 Å². The number of aromatic amines is 1. The first-order valence-electron chi connectivity index (χ1n) is 8.49. The van der Waals surface area contributed by atoms with Gasteiger partial charge in [-0.05, 0) is 17.7 Å². The van der Waals surface area contributed by atoms with Crippen LogP contribution < -0.4 is 15.8 Å². The van der Waals surface area contributed by atoms with Crippen LogP contribution in [0.1, 0.15) is 11.8 Å². The Labute approximate surface area is 173 Å². The lowest BCUT2D eigenvalue weighted by Gasteiger charge is -2.23. The summed E-state index contributed by atoms with van der Waals surface area (Å²) in [5, 5.41) is 32.9. The highest BCUT2D eigenvalue weighted by Gasteiger charge is 2.57. The van der Waals surface area contributed by atoms with Crippen molar-refractivity contribution in [1.82, 2.24) is 9.55 Å². The van der Waals surface area contributed by atoms with Gasteiger partial charge in [0.2, 0.25) is 5.72 Å². The summed E-state index contributed by atoms with van der Waals surface area (Å²) in [4.78, 5) is 27.7. The van der Waals surface area contributed by atoms with E-state index < -0.39 is 50.3 Å². The average Bonchev–Trinajstić information content (AvgIpc) is 2.98. The van der Waals surface area contributed by atoms with E-state index in [9.17, 15) is 24.4 Å². The lowest BCUT2D eigenvalue weighted by Crippen LogP contribution is -2.44. The topological polar surface area (TPSA) is 213 Å². The van der Waals surface area contributed by atoms with Gasteiger partial charge in [-0.2, -0.15) is 5.26 Å². The zero-order valence-corrected chi connectivity index (χ0v) is 16.3. The highest BCUT2D eigenvalue weighted by molar-refractivity contribution is 7.33. The van der Waals surface area contributed by atoms with Crippen molar-refractivity contribution in [1.29, 1.82) is 5.26 Å². The fourth-order valence-electron chi connectivity index (χ4n) is 2.81. The van der Waals surface area contributed by atoms with Gasteiger partial charge >= 0.3 is 13.9 Å². The van der Waals surface area contributed by atoms with Gasteiger partial charge in [-0.3, -0.25) is 14.3 Å². The predicted molar refractivity (Wildman–Crippen MR) is 101 cm³/mol. The third-order valence-electron chi connectivity index (χ3n) is 4.26. The standard InChI is InChI=1S/C16H13N6O8P/c17-7-9-2-1-3-10(6-9)30-31(27)28-8-16(20-21-18)13(25)12(24)14(29-16)22-5-4-11(23)19-15(22)26/h1-6,12-14,24-25H,8H2/p+1/t12-,13+,14-,16-/m1/s1. The molecule has 0 spiro atoms. The molecule has 1 aromatic heterocycles. The lowest BCUT2D eigenvalue weighted by atomic mass is 10.1. The number of aromatic nitrogens is 2. The molecule has 0 amide bonds. The molecule has 15 heteroatoms. The van der Waals surface area contributed by atoms with Crippen LogP contribution in [0.2, 0.25) is 0 Å². The highest BCUT2D eigenvalue weighted by atomic mass is 31.1. The number of nitrogens with zero attached hydrogens (tertiary/aromatic N) is 5. The number of aliphatic hydroxyl groups is 2. The molecule has 14 nitrogen and oxygen atoms in total. The Kier molecular flexibility index (Phi) is 6.47. The zero-order valence-electron chi connectivity index (χ0n) is 15.4. The Morgan fingerprint density at radius 3 is 2.87 bits per heavy atom. The van der Waals surface area contributed by atoms with Crippen molar-refractivity contribution in [3.8, 4) is 11.8 Å². The van der Waals surface area contributed by atoms with Gasteiger partial charge < -0.3 is 14.9 Å². The Morgan fingerprint density at radius 1 is 1.42 bits per heavy atom. The normalized spacial score (nSPS) is 25.3. The molecule has 1 aliphatic rings. The molecule has 1 aromatic carbocycles. The second-order valence-electron chi connectivity index (χ2n) is 6.22. The van der Waals surface area contributed by atoms with Gasteiger partial charge in [-0.15, -0.1) is 4.52 Å². The molecule has 1 saturated heterocycles. The smallest absolute Gasteiger partial charge is 0.387 e. The number of nitrogens with one attached hydrogen (secondary N) is 1. The summed E-state index contributed by atoms with van der Waals surface area (Å²) in [7, 11) is -2.88. The number of H-pyrrole nitrogens is 1. The maximum Gasteiger partial charge on any atom is 0.750 e. The highest BCUT2D eigenvalue weighted by Crippen LogP contribution is 2.40. The fourth-order valence-corrected chi connectivity index (χ4v) is 3.44. The van der Waals surface area contributed by atoms with Gasteiger partial charge in [0.25, 0.3) is 5.56 Å². The van der Waals surface area contributed by atoms with Crippen molar-refractivity contribution in [3.63, 3.8) is 0 Å². The second kappa shape index (κ2) is 9.07. The maximum atomic E-state index is 12.1. The SMILES string of the molecule is N#Cc1cccc(O[P+](=O)OC[C@@]2(N=[N+]=[N-])O[C@@H](n3ccc(=O)[nH]c3=O)[C@H](O)[C@@H]2O)c1. The molecule has 2 heterocycles. The molecule has 0 bridgehead atoms. The summed E-state index contributed by atoms with van der Waals surface area (Å²) in [5.74, 6) is 0.0589. The third kappa shape index (κ3) is 4.62. The van der Waals surface area contributed by atoms with Crippen molar-refractivity contribution in [2.45, 2.75) is 24.2 Å². The Balaban J connectivity index is 1.79. The molecule has 1 fully saturated rings. The average molecular weight is 449 g/mol. The molecular formula is C16H14N6O8P+. The van der Waals surface area contributed by atoms with Crippen molar-refractivity contribution in [2.24, 2.45) is 5.11 Å². The Morgan fingerprint density at radius 2 is 2.19 bits per heavy atom. The molecule has 1 unspecified atom stereocenters. The van der Waals surface area contributed by atoms with E-state index in [-0.39, 0.29) is 11.3 Å². The molecule has 3 N–H and O–H groups in total. The molecule has 5 atom stereocenters. The summed E-state index contributed by atoms with van der Waals surface area (Å²) >= 11 is 0. The van der Waals surface area contributed by atoms with Crippen LogP contribution in [-0.2, 0) is 13.8 Å². The van der Waals surface area contributed by atoms with Crippen LogP contribution in [0.25, 0.3) is 10.4 Å². The minimum atomic E-state index is -2.88. The van der Waals surface area contributed by atoms with Gasteiger partial charge in [-0.25, -0.2) is 9.32 Å². The molecule has 0 radical (unpaired) electrons. The Hall–Kier alpha value is -3.56. The summed E-state index contributed by atoms with van der Waals surface area (Å²) in [5.41, 5.74) is 5.21. The van der Waals surface area contributed by atoms with Crippen LogP contribution in [0.5, 0.6) is 5.75 Å². The minimum Gasteiger partial charge on any atom is -0.387 e. The number of aliphatic hydroxyl groups excluding tert-OH is 2. The van der Waals surface area contributed by atoms with Gasteiger partial charge in [0, 0.05) is 27.8 Å². The van der Waals surface area contributed by atoms with Gasteiger partial charge in [0.15, 0.2) is 12.0 Å². The summed E-state index contributed by atoms with van der Waals surface area (Å²) in [6.07, 6.45) is -4.21. The van der Waals surface area contributed by atoms with Crippen LogP contribution in [0.4, 0.5) is 0 Å². The summed E-state index contributed by atoms with van der Waals surface area (Å²) in [6.45, 7) is -0.822. The molecule has 1 aliphatic heterocycles. The largest absolute Gasteiger partial charge is 0.750 e. The van der Waals surface area contributed by atoms with Crippen LogP contribution >= 0.6 is 8.25 Å². The third-order valence-corrected chi connectivity index (χ3v) is 4.96. The number of rotatable bonds is 7. The summed E-state index contributed by atoms with van der Waals surface area (Å²) in [6, 6.07) is 8.58. The monoisotopic (exact) mass is 449 g/mol. The van der Waals surface area contributed by atoms with E-state index in [2.05, 4.69) is 10.0 Å². The molecule has 0 saturated carbocycles. The van der Waals surface area contributed by atoms with Gasteiger partial charge in [-0.1, -0.05) is 11.2 Å². The number of benzene rings is 1. The van der Waals surface area contributed by atoms with E-state index >= 15 is 0 Å². The van der Waals surface area contributed by atoms with Crippen LogP contribution in [-0.4, -0.2) is 44.3 Å². The van der Waals surface area contributed by atoms with Crippen LogP contribution in [0.3, 0.4) is 0 Å². The fraction of sp³-hybridized carbons (Fsp3) is 0.312. The molecular weight excluding hydrogens is 435 g/mol. The molecule has 160 valence electrons. The van der Waals surface area contributed by atoms with E-state index in [4.69, 9.17) is 24.6 Å². The second-order valence-corrected chi connectivity index (χ2v) is 7.11. The minimum absolute atomic E-state index is 0.0589. The Bertz CT molecular complexity index is 1200. The number of azide groups is 1. The molecule has 31 heavy (non-hydrogen) atoms. The van der Waals surface area contributed by atoms with E-state index in [0.29, 0.717) is 0 Å². The number of ether oxygens (including phenoxy) is 1. The van der Waals surface area contributed by atoms with Crippen molar-refractivity contribution < 1.29 is 28.6 Å². The lowest BCUT2D eigenvalue weighted by molar-refractivity contribution is -0.120. The number of nitriles is 1.